The topological polar surface area (TPSA) is 74.8 Å². The summed E-state index contributed by atoms with van der Waals surface area (Å²) in [5, 5.41) is 0. The van der Waals surface area contributed by atoms with Crippen LogP contribution in [0.15, 0.2) is 0 Å². The molecule has 1 aliphatic rings. The zero-order valence-electron chi connectivity index (χ0n) is 14.0. The lowest BCUT2D eigenvalue weighted by atomic mass is 10.1. The molecule has 1 rings (SSSR count). The first-order valence-corrected chi connectivity index (χ1v) is 9.66. The zero-order valence-corrected chi connectivity index (χ0v) is 14.9. The number of hydrogen-bond acceptors (Lipinski definition) is 4. The lowest BCUT2D eigenvalue weighted by Gasteiger charge is -2.26. The number of hydrogen-bond donors (Lipinski definition) is 0. The van der Waals surface area contributed by atoms with Crippen LogP contribution in [0.2, 0.25) is 0 Å². The van der Waals surface area contributed by atoms with Crippen LogP contribution >= 0.6 is 0 Å². The highest BCUT2D eigenvalue weighted by Crippen LogP contribution is 2.17. The van der Waals surface area contributed by atoms with Gasteiger partial charge in [0.05, 0.1) is 11.5 Å². The molecule has 0 radical (unpaired) electrons. The summed E-state index contributed by atoms with van der Waals surface area (Å²) in [6, 6.07) is -0.223. The summed E-state index contributed by atoms with van der Waals surface area (Å²) in [6.45, 7) is 6.75. The fourth-order valence-electron chi connectivity index (χ4n) is 2.53. The van der Waals surface area contributed by atoms with E-state index in [1.165, 1.54) is 11.8 Å². The van der Waals surface area contributed by atoms with Crippen molar-refractivity contribution in [2.75, 3.05) is 31.6 Å². The molecular weight excluding hydrogens is 304 g/mol. The van der Waals surface area contributed by atoms with Crippen molar-refractivity contribution in [1.82, 2.24) is 9.80 Å². The number of sulfone groups is 1. The molecule has 1 atom stereocenters. The highest BCUT2D eigenvalue weighted by Gasteiger charge is 2.32. The average molecular weight is 332 g/mol. The molecular formula is C15H28N2O4S. The van der Waals surface area contributed by atoms with Crippen molar-refractivity contribution in [2.24, 2.45) is 5.92 Å². The Hall–Kier alpha value is -1.11. The summed E-state index contributed by atoms with van der Waals surface area (Å²) in [4.78, 5) is 27.0. The highest BCUT2D eigenvalue weighted by molar-refractivity contribution is 7.91. The maximum Gasteiger partial charge on any atom is 0.224 e. The monoisotopic (exact) mass is 332 g/mol. The maximum absolute atomic E-state index is 12.2. The Balaban J connectivity index is 2.47. The third-order valence-electron chi connectivity index (χ3n) is 4.17. The Morgan fingerprint density at radius 3 is 2.32 bits per heavy atom. The Labute approximate surface area is 133 Å². The van der Waals surface area contributed by atoms with Crippen LogP contribution in [0.1, 0.15) is 40.0 Å². The van der Waals surface area contributed by atoms with Gasteiger partial charge in [0.15, 0.2) is 9.84 Å². The molecule has 1 fully saturated rings. The van der Waals surface area contributed by atoms with E-state index in [0.29, 0.717) is 25.4 Å². The Bertz CT molecular complexity index is 502. The van der Waals surface area contributed by atoms with E-state index in [0.717, 1.165) is 6.42 Å². The SMILES string of the molecule is CC(=O)N(CCC(=O)N(C)C1CCS(=O)(=O)C1)CCC(C)C. The predicted molar refractivity (Wildman–Crippen MR) is 86.2 cm³/mol. The van der Waals surface area contributed by atoms with Gasteiger partial charge in [0.2, 0.25) is 11.8 Å². The number of carbonyl (C=O) groups is 2. The largest absolute Gasteiger partial charge is 0.342 e. The minimum atomic E-state index is -3.00. The second-order valence-corrected chi connectivity index (χ2v) is 8.73. The summed E-state index contributed by atoms with van der Waals surface area (Å²) in [6.07, 6.45) is 1.66. The highest BCUT2D eigenvalue weighted by atomic mass is 32.2. The summed E-state index contributed by atoms with van der Waals surface area (Å²) >= 11 is 0. The van der Waals surface area contributed by atoms with Gasteiger partial charge in [-0.3, -0.25) is 9.59 Å². The molecule has 0 aliphatic carbocycles. The van der Waals surface area contributed by atoms with E-state index < -0.39 is 9.84 Å². The second kappa shape index (κ2) is 7.94. The van der Waals surface area contributed by atoms with Crippen LogP contribution in [0, 0.1) is 5.92 Å². The van der Waals surface area contributed by atoms with Gasteiger partial charge in [-0.25, -0.2) is 8.42 Å². The van der Waals surface area contributed by atoms with Gasteiger partial charge in [0.25, 0.3) is 0 Å². The Morgan fingerprint density at radius 1 is 1.23 bits per heavy atom. The molecule has 128 valence electrons. The first-order chi connectivity index (χ1) is 10.1. The van der Waals surface area contributed by atoms with E-state index in [1.54, 1.807) is 11.9 Å². The van der Waals surface area contributed by atoms with E-state index in [1.807, 2.05) is 0 Å². The predicted octanol–water partition coefficient (Wildman–Crippen LogP) is 0.917. The molecule has 0 aromatic carbocycles. The van der Waals surface area contributed by atoms with Crippen molar-refractivity contribution < 1.29 is 18.0 Å². The fourth-order valence-corrected chi connectivity index (χ4v) is 4.31. The Kier molecular flexibility index (Phi) is 6.84. The Morgan fingerprint density at radius 2 is 1.86 bits per heavy atom. The van der Waals surface area contributed by atoms with E-state index >= 15 is 0 Å². The molecule has 0 bridgehead atoms. The number of amides is 2. The molecule has 1 unspecified atom stereocenters. The van der Waals surface area contributed by atoms with E-state index in [-0.39, 0.29) is 35.8 Å². The molecule has 22 heavy (non-hydrogen) atoms. The van der Waals surface area contributed by atoms with E-state index in [2.05, 4.69) is 13.8 Å². The van der Waals surface area contributed by atoms with Gasteiger partial charge in [0.1, 0.15) is 0 Å². The molecule has 1 saturated heterocycles. The molecule has 0 aromatic rings. The van der Waals surface area contributed by atoms with Gasteiger partial charge >= 0.3 is 0 Å². The van der Waals surface area contributed by atoms with Crippen LogP contribution in [0.4, 0.5) is 0 Å². The second-order valence-electron chi connectivity index (χ2n) is 6.50. The van der Waals surface area contributed by atoms with Crippen molar-refractivity contribution in [3.8, 4) is 0 Å². The normalized spacial score (nSPS) is 20.1. The van der Waals surface area contributed by atoms with Crippen molar-refractivity contribution in [2.45, 2.75) is 46.1 Å². The number of carbonyl (C=O) groups excluding carboxylic acids is 2. The van der Waals surface area contributed by atoms with Crippen molar-refractivity contribution in [3.63, 3.8) is 0 Å². The van der Waals surface area contributed by atoms with Gasteiger partial charge in [-0.05, 0) is 18.8 Å². The summed E-state index contributed by atoms with van der Waals surface area (Å²) in [5.41, 5.74) is 0. The van der Waals surface area contributed by atoms with Crippen LogP contribution in [0.5, 0.6) is 0 Å². The molecule has 0 N–H and O–H groups in total. The van der Waals surface area contributed by atoms with E-state index in [9.17, 15) is 18.0 Å². The standard InChI is InChI=1S/C15H28N2O4S/c1-12(2)5-8-17(13(3)18)9-6-15(19)16(4)14-7-10-22(20,21)11-14/h12,14H,5-11H2,1-4H3. The zero-order chi connectivity index (χ0) is 16.9. The van der Waals surface area contributed by atoms with Crippen LogP contribution < -0.4 is 0 Å². The van der Waals surface area contributed by atoms with Gasteiger partial charge < -0.3 is 9.80 Å². The summed E-state index contributed by atoms with van der Waals surface area (Å²) in [5.74, 6) is 0.587. The molecule has 1 aliphatic heterocycles. The third kappa shape index (κ3) is 5.94. The molecule has 1 heterocycles. The molecule has 7 heteroatoms. The molecule has 2 amide bonds. The van der Waals surface area contributed by atoms with Gasteiger partial charge in [0, 0.05) is 39.5 Å². The third-order valence-corrected chi connectivity index (χ3v) is 5.92. The van der Waals surface area contributed by atoms with Crippen LogP contribution in [-0.2, 0) is 19.4 Å². The maximum atomic E-state index is 12.2. The minimum absolute atomic E-state index is 0.0282. The lowest BCUT2D eigenvalue weighted by Crippen LogP contribution is -2.40. The number of rotatable bonds is 7. The van der Waals surface area contributed by atoms with Gasteiger partial charge in [-0.1, -0.05) is 13.8 Å². The van der Waals surface area contributed by atoms with Crippen molar-refractivity contribution in [1.29, 1.82) is 0 Å². The summed E-state index contributed by atoms with van der Waals surface area (Å²) < 4.78 is 23.0. The summed E-state index contributed by atoms with van der Waals surface area (Å²) in [7, 11) is -1.34. The van der Waals surface area contributed by atoms with Crippen molar-refractivity contribution in [3.05, 3.63) is 0 Å². The first kappa shape index (κ1) is 18.9. The van der Waals surface area contributed by atoms with Gasteiger partial charge in [-0.2, -0.15) is 0 Å². The molecule has 0 aromatic heterocycles. The van der Waals surface area contributed by atoms with E-state index in [4.69, 9.17) is 0 Å². The quantitative estimate of drug-likeness (QED) is 0.695. The fraction of sp³-hybridized carbons (Fsp3) is 0.867. The molecule has 0 saturated carbocycles. The number of nitrogens with zero attached hydrogens (tertiary/aromatic N) is 2. The average Bonchev–Trinajstić information content (AvgIpc) is 2.77. The molecule has 6 nitrogen and oxygen atoms in total. The van der Waals surface area contributed by atoms with Crippen molar-refractivity contribution >= 4 is 21.7 Å². The van der Waals surface area contributed by atoms with Crippen LogP contribution in [0.25, 0.3) is 0 Å². The smallest absolute Gasteiger partial charge is 0.224 e. The van der Waals surface area contributed by atoms with Gasteiger partial charge in [-0.15, -0.1) is 0 Å². The minimum Gasteiger partial charge on any atom is -0.342 e. The lowest BCUT2D eigenvalue weighted by molar-refractivity contribution is -0.133. The first-order valence-electron chi connectivity index (χ1n) is 7.84. The van der Waals surface area contributed by atoms with Crippen LogP contribution in [0.3, 0.4) is 0 Å². The van der Waals surface area contributed by atoms with Crippen LogP contribution in [-0.4, -0.2) is 67.7 Å². The molecule has 0 spiro atoms.